The number of hydrogen-bond donors (Lipinski definition) is 1. The van der Waals surface area contributed by atoms with Gasteiger partial charge in [0.15, 0.2) is 9.84 Å². The van der Waals surface area contributed by atoms with Gasteiger partial charge >= 0.3 is 0 Å². The van der Waals surface area contributed by atoms with Crippen LogP contribution in [0.15, 0.2) is 0 Å². The minimum absolute atomic E-state index is 0.156. The third-order valence-corrected chi connectivity index (χ3v) is 4.33. The summed E-state index contributed by atoms with van der Waals surface area (Å²) >= 11 is 0. The largest absolute Gasteiger partial charge is 0.393 e. The van der Waals surface area contributed by atoms with Crippen LogP contribution >= 0.6 is 0 Å². The number of rotatable bonds is 2. The van der Waals surface area contributed by atoms with Crippen molar-refractivity contribution in [1.29, 1.82) is 0 Å². The molecule has 16 heavy (non-hydrogen) atoms. The second kappa shape index (κ2) is 4.00. The van der Waals surface area contributed by atoms with Crippen molar-refractivity contribution in [2.75, 3.05) is 25.1 Å². The fraction of sp³-hybridized carbons (Fsp3) is 0.900. The molecule has 1 aliphatic carbocycles. The van der Waals surface area contributed by atoms with E-state index in [1.54, 1.807) is 4.90 Å². The minimum atomic E-state index is -3.25. The second-order valence-corrected chi connectivity index (χ2v) is 7.08. The zero-order chi connectivity index (χ0) is 11.9. The maximum absolute atomic E-state index is 11.7. The number of hydrogen-bond acceptors (Lipinski definition) is 4. The first-order chi connectivity index (χ1) is 7.37. The van der Waals surface area contributed by atoms with Crippen LogP contribution in [-0.2, 0) is 14.6 Å². The molecule has 3 unspecified atom stereocenters. The Bertz CT molecular complexity index is 392. The summed E-state index contributed by atoms with van der Waals surface area (Å²) < 4.78 is 22.0. The van der Waals surface area contributed by atoms with Crippen LogP contribution in [0.5, 0.6) is 0 Å². The summed E-state index contributed by atoms with van der Waals surface area (Å²) in [5.74, 6) is -0.228. The lowest BCUT2D eigenvalue weighted by Gasteiger charge is -2.17. The molecule has 2 fully saturated rings. The molecule has 1 aliphatic heterocycles. The molecular formula is C10H17NO4S. The normalized spacial score (nSPS) is 34.1. The average Bonchev–Trinajstić information content (AvgIpc) is 2.65. The van der Waals surface area contributed by atoms with E-state index in [9.17, 15) is 18.3 Å². The van der Waals surface area contributed by atoms with E-state index in [-0.39, 0.29) is 17.9 Å². The highest BCUT2D eigenvalue weighted by atomic mass is 32.2. The maximum atomic E-state index is 11.7. The van der Waals surface area contributed by atoms with Gasteiger partial charge < -0.3 is 10.0 Å². The highest BCUT2D eigenvalue weighted by molar-refractivity contribution is 7.91. The smallest absolute Gasteiger partial charge is 0.237 e. The van der Waals surface area contributed by atoms with Gasteiger partial charge in [0.05, 0.1) is 6.10 Å². The van der Waals surface area contributed by atoms with Crippen LogP contribution in [0.25, 0.3) is 0 Å². The summed E-state index contributed by atoms with van der Waals surface area (Å²) in [6, 6.07) is 0. The number of nitrogens with zero attached hydrogens (tertiary/aromatic N) is 1. The molecule has 2 rings (SSSR count). The predicted molar refractivity (Wildman–Crippen MR) is 58.5 cm³/mol. The highest BCUT2D eigenvalue weighted by Crippen LogP contribution is 2.37. The standard InChI is InChI=1S/C10H17NO4S/c1-16(14,15)6-10(13)11-4-7-2-3-9(12)8(7)5-11/h7-9,12H,2-6H2,1H3. The van der Waals surface area contributed by atoms with Gasteiger partial charge in [0.1, 0.15) is 5.75 Å². The summed E-state index contributed by atoms with van der Waals surface area (Å²) in [5, 5.41) is 9.68. The van der Waals surface area contributed by atoms with E-state index in [0.717, 1.165) is 19.1 Å². The van der Waals surface area contributed by atoms with Gasteiger partial charge in [-0.3, -0.25) is 4.79 Å². The lowest BCUT2D eigenvalue weighted by atomic mass is 10.00. The molecule has 0 radical (unpaired) electrons. The molecule has 0 bridgehead atoms. The SMILES string of the molecule is CS(=O)(=O)CC(=O)N1CC2CCC(O)C2C1. The Morgan fingerprint density at radius 2 is 2.06 bits per heavy atom. The molecule has 1 N–H and O–H groups in total. The lowest BCUT2D eigenvalue weighted by molar-refractivity contribution is -0.127. The van der Waals surface area contributed by atoms with Crippen molar-refractivity contribution < 1.29 is 18.3 Å². The van der Waals surface area contributed by atoms with E-state index in [2.05, 4.69) is 0 Å². The molecule has 92 valence electrons. The summed E-state index contributed by atoms with van der Waals surface area (Å²) in [5.41, 5.74) is 0. The van der Waals surface area contributed by atoms with Gasteiger partial charge in [-0.2, -0.15) is 0 Å². The van der Waals surface area contributed by atoms with Crippen LogP contribution in [-0.4, -0.2) is 55.5 Å². The Labute approximate surface area is 95.4 Å². The summed E-state index contributed by atoms with van der Waals surface area (Å²) in [6.07, 6.45) is 2.50. The Hall–Kier alpha value is -0.620. The van der Waals surface area contributed by atoms with E-state index in [4.69, 9.17) is 0 Å². The van der Waals surface area contributed by atoms with Crippen molar-refractivity contribution in [1.82, 2.24) is 4.90 Å². The van der Waals surface area contributed by atoms with Crippen molar-refractivity contribution in [2.24, 2.45) is 11.8 Å². The molecule has 1 saturated carbocycles. The molecule has 1 saturated heterocycles. The molecule has 6 heteroatoms. The quantitative estimate of drug-likeness (QED) is 0.697. The number of sulfone groups is 1. The number of likely N-dealkylation sites (tertiary alicyclic amines) is 1. The highest BCUT2D eigenvalue weighted by Gasteiger charge is 2.43. The fourth-order valence-corrected chi connectivity index (χ4v) is 3.39. The van der Waals surface area contributed by atoms with Crippen molar-refractivity contribution in [3.63, 3.8) is 0 Å². The Morgan fingerprint density at radius 3 is 2.62 bits per heavy atom. The zero-order valence-electron chi connectivity index (χ0n) is 9.30. The predicted octanol–water partition coefficient (Wildman–Crippen LogP) is -0.740. The second-order valence-electron chi connectivity index (χ2n) is 4.94. The molecular weight excluding hydrogens is 230 g/mol. The molecule has 3 atom stereocenters. The van der Waals surface area contributed by atoms with Gasteiger partial charge in [-0.1, -0.05) is 0 Å². The molecule has 0 spiro atoms. The number of carbonyl (C=O) groups is 1. The van der Waals surface area contributed by atoms with E-state index < -0.39 is 15.6 Å². The number of fused-ring (bicyclic) bond motifs is 1. The van der Waals surface area contributed by atoms with Gasteiger partial charge in [0.2, 0.25) is 5.91 Å². The van der Waals surface area contributed by atoms with Crippen molar-refractivity contribution in [3.05, 3.63) is 0 Å². The first kappa shape index (κ1) is 11.9. The summed E-state index contributed by atoms with van der Waals surface area (Å²) in [4.78, 5) is 13.2. The Kier molecular flexibility index (Phi) is 2.96. The Balaban J connectivity index is 1.97. The molecule has 0 aromatic heterocycles. The van der Waals surface area contributed by atoms with Crippen LogP contribution in [0.4, 0.5) is 0 Å². The van der Waals surface area contributed by atoms with Crippen molar-refractivity contribution in [3.8, 4) is 0 Å². The summed E-state index contributed by atoms with van der Waals surface area (Å²) in [6.45, 7) is 1.12. The van der Waals surface area contributed by atoms with Crippen molar-refractivity contribution >= 4 is 15.7 Å². The molecule has 5 nitrogen and oxygen atoms in total. The van der Waals surface area contributed by atoms with Crippen LogP contribution in [0.2, 0.25) is 0 Å². The van der Waals surface area contributed by atoms with E-state index in [1.807, 2.05) is 0 Å². The number of amides is 1. The van der Waals surface area contributed by atoms with E-state index in [1.165, 1.54) is 0 Å². The van der Waals surface area contributed by atoms with Gasteiger partial charge in [-0.05, 0) is 18.8 Å². The molecule has 2 aliphatic rings. The van der Waals surface area contributed by atoms with Gasteiger partial charge in [-0.15, -0.1) is 0 Å². The number of aliphatic hydroxyl groups excluding tert-OH is 1. The molecule has 1 heterocycles. The lowest BCUT2D eigenvalue weighted by Crippen LogP contribution is -2.35. The van der Waals surface area contributed by atoms with Crippen LogP contribution in [0.1, 0.15) is 12.8 Å². The van der Waals surface area contributed by atoms with Crippen LogP contribution < -0.4 is 0 Å². The molecule has 0 aromatic carbocycles. The van der Waals surface area contributed by atoms with Crippen molar-refractivity contribution in [2.45, 2.75) is 18.9 Å². The summed E-state index contributed by atoms with van der Waals surface area (Å²) in [7, 11) is -3.25. The number of aliphatic hydroxyl groups is 1. The topological polar surface area (TPSA) is 74.7 Å². The van der Waals surface area contributed by atoms with E-state index in [0.29, 0.717) is 19.0 Å². The third kappa shape index (κ3) is 2.38. The first-order valence-electron chi connectivity index (χ1n) is 5.50. The Morgan fingerprint density at radius 1 is 1.38 bits per heavy atom. The minimum Gasteiger partial charge on any atom is -0.393 e. The van der Waals surface area contributed by atoms with Gasteiger partial charge in [0, 0.05) is 25.3 Å². The number of carbonyl (C=O) groups excluding carboxylic acids is 1. The maximum Gasteiger partial charge on any atom is 0.237 e. The monoisotopic (exact) mass is 247 g/mol. The van der Waals surface area contributed by atoms with E-state index >= 15 is 0 Å². The fourth-order valence-electron chi connectivity index (χ4n) is 2.76. The van der Waals surface area contributed by atoms with Crippen LogP contribution in [0.3, 0.4) is 0 Å². The average molecular weight is 247 g/mol. The van der Waals surface area contributed by atoms with Crippen LogP contribution in [0, 0.1) is 11.8 Å². The first-order valence-corrected chi connectivity index (χ1v) is 7.56. The van der Waals surface area contributed by atoms with Gasteiger partial charge in [0.25, 0.3) is 0 Å². The van der Waals surface area contributed by atoms with Gasteiger partial charge in [-0.25, -0.2) is 8.42 Å². The zero-order valence-corrected chi connectivity index (χ0v) is 10.1. The molecule has 1 amide bonds. The third-order valence-electron chi connectivity index (χ3n) is 3.56. The molecule has 0 aromatic rings.